The third-order valence-electron chi connectivity index (χ3n) is 3.22. The van der Waals surface area contributed by atoms with Crippen molar-refractivity contribution in [3.8, 4) is 11.5 Å². The van der Waals surface area contributed by atoms with Crippen molar-refractivity contribution in [2.24, 2.45) is 0 Å². The highest BCUT2D eigenvalue weighted by atomic mass is 16.5. The van der Waals surface area contributed by atoms with Crippen molar-refractivity contribution in [2.45, 2.75) is 12.5 Å². The Morgan fingerprint density at radius 2 is 1.89 bits per heavy atom. The average molecular weight is 257 g/mol. The van der Waals surface area contributed by atoms with Gasteiger partial charge in [0.15, 0.2) is 0 Å². The molecule has 0 radical (unpaired) electrons. The van der Waals surface area contributed by atoms with E-state index in [1.54, 1.807) is 19.2 Å². The summed E-state index contributed by atoms with van der Waals surface area (Å²) in [7, 11) is 3.62. The molecule has 0 spiro atoms. The second kappa shape index (κ2) is 6.25. The largest absolute Gasteiger partial charge is 0.508 e. The van der Waals surface area contributed by atoms with Crippen molar-refractivity contribution in [1.29, 1.82) is 0 Å². The smallest absolute Gasteiger partial charge is 0.119 e. The summed E-state index contributed by atoms with van der Waals surface area (Å²) in [5.74, 6) is 1.16. The molecule has 0 amide bonds. The molecule has 2 aromatic carbocycles. The van der Waals surface area contributed by atoms with Crippen LogP contribution in [0.5, 0.6) is 11.5 Å². The van der Waals surface area contributed by atoms with E-state index in [4.69, 9.17) is 4.74 Å². The van der Waals surface area contributed by atoms with Gasteiger partial charge in [-0.25, -0.2) is 0 Å². The number of ether oxygens (including phenoxy) is 1. The maximum absolute atomic E-state index is 9.30. The van der Waals surface area contributed by atoms with Crippen LogP contribution in [0, 0.1) is 0 Å². The highest BCUT2D eigenvalue weighted by Gasteiger charge is 2.10. The molecule has 100 valence electrons. The standard InChI is InChI=1S/C16H19NO2/c1-17-16(10-12-6-8-14(18)9-7-12)13-4-3-5-15(11-13)19-2/h3-9,11,16-18H,10H2,1-2H3. The number of aromatic hydroxyl groups is 1. The number of rotatable bonds is 5. The first-order valence-electron chi connectivity index (χ1n) is 6.32. The fourth-order valence-corrected chi connectivity index (χ4v) is 2.11. The number of benzene rings is 2. The summed E-state index contributed by atoms with van der Waals surface area (Å²) < 4.78 is 5.25. The van der Waals surface area contributed by atoms with Gasteiger partial charge in [-0.2, -0.15) is 0 Å². The summed E-state index contributed by atoms with van der Waals surface area (Å²) in [6.45, 7) is 0. The fourth-order valence-electron chi connectivity index (χ4n) is 2.11. The summed E-state index contributed by atoms with van der Waals surface area (Å²) >= 11 is 0. The van der Waals surface area contributed by atoms with E-state index in [0.29, 0.717) is 5.75 Å². The lowest BCUT2D eigenvalue weighted by Gasteiger charge is -2.17. The molecule has 3 nitrogen and oxygen atoms in total. The van der Waals surface area contributed by atoms with Crippen LogP contribution < -0.4 is 10.1 Å². The number of hydrogen-bond acceptors (Lipinski definition) is 3. The molecular formula is C16H19NO2. The minimum absolute atomic E-state index is 0.222. The van der Waals surface area contributed by atoms with Crippen LogP contribution in [0.25, 0.3) is 0 Å². The first-order valence-corrected chi connectivity index (χ1v) is 6.32. The Morgan fingerprint density at radius 1 is 1.16 bits per heavy atom. The van der Waals surface area contributed by atoms with Crippen LogP contribution in [0.15, 0.2) is 48.5 Å². The Labute approximate surface area is 113 Å². The van der Waals surface area contributed by atoms with E-state index in [0.717, 1.165) is 12.2 Å². The van der Waals surface area contributed by atoms with Crippen molar-refractivity contribution in [3.05, 3.63) is 59.7 Å². The van der Waals surface area contributed by atoms with Crippen LogP contribution >= 0.6 is 0 Å². The van der Waals surface area contributed by atoms with Crippen molar-refractivity contribution in [3.63, 3.8) is 0 Å². The third-order valence-corrected chi connectivity index (χ3v) is 3.22. The van der Waals surface area contributed by atoms with E-state index in [2.05, 4.69) is 11.4 Å². The van der Waals surface area contributed by atoms with Gasteiger partial charge in [0.05, 0.1) is 7.11 Å². The minimum atomic E-state index is 0.222. The monoisotopic (exact) mass is 257 g/mol. The third kappa shape index (κ3) is 3.48. The molecule has 1 atom stereocenters. The van der Waals surface area contributed by atoms with Crippen molar-refractivity contribution in [2.75, 3.05) is 14.2 Å². The first-order chi connectivity index (χ1) is 9.22. The van der Waals surface area contributed by atoms with Crippen molar-refractivity contribution < 1.29 is 9.84 Å². The Balaban J connectivity index is 2.17. The quantitative estimate of drug-likeness (QED) is 0.865. The average Bonchev–Trinajstić information content (AvgIpc) is 2.46. The van der Waals surface area contributed by atoms with Gasteiger partial charge in [0.2, 0.25) is 0 Å². The van der Waals surface area contributed by atoms with Crippen molar-refractivity contribution in [1.82, 2.24) is 5.32 Å². The Hall–Kier alpha value is -2.00. The molecule has 0 fully saturated rings. The molecule has 0 aliphatic carbocycles. The highest BCUT2D eigenvalue weighted by molar-refractivity contribution is 5.33. The zero-order valence-corrected chi connectivity index (χ0v) is 11.3. The highest BCUT2D eigenvalue weighted by Crippen LogP contribution is 2.23. The lowest BCUT2D eigenvalue weighted by atomic mass is 9.99. The Morgan fingerprint density at radius 3 is 2.53 bits per heavy atom. The number of methoxy groups -OCH3 is 1. The van der Waals surface area contributed by atoms with Crippen LogP contribution in [0.3, 0.4) is 0 Å². The van der Waals surface area contributed by atoms with Crippen LogP contribution in [0.1, 0.15) is 17.2 Å². The molecule has 0 aromatic heterocycles. The predicted octanol–water partition coefficient (Wildman–Crippen LogP) is 2.90. The molecule has 3 heteroatoms. The Bertz CT molecular complexity index is 523. The molecule has 2 aromatic rings. The zero-order chi connectivity index (χ0) is 13.7. The molecule has 1 unspecified atom stereocenters. The van der Waals surface area contributed by atoms with Crippen LogP contribution in [0.4, 0.5) is 0 Å². The van der Waals surface area contributed by atoms with Crippen molar-refractivity contribution >= 4 is 0 Å². The van der Waals surface area contributed by atoms with Gasteiger partial charge in [0.1, 0.15) is 11.5 Å². The van der Waals surface area contributed by atoms with Gasteiger partial charge < -0.3 is 15.2 Å². The minimum Gasteiger partial charge on any atom is -0.508 e. The van der Waals surface area contributed by atoms with Crippen LogP contribution in [-0.4, -0.2) is 19.3 Å². The van der Waals surface area contributed by atoms with E-state index in [9.17, 15) is 5.11 Å². The number of phenols is 1. The first kappa shape index (κ1) is 13.4. The van der Waals surface area contributed by atoms with Crippen LogP contribution in [0.2, 0.25) is 0 Å². The summed E-state index contributed by atoms with van der Waals surface area (Å²) in [6.07, 6.45) is 0.865. The molecule has 0 saturated heterocycles. The molecule has 2 N–H and O–H groups in total. The van der Waals surface area contributed by atoms with Gasteiger partial charge in [-0.1, -0.05) is 24.3 Å². The predicted molar refractivity (Wildman–Crippen MR) is 76.6 cm³/mol. The second-order valence-corrected chi connectivity index (χ2v) is 4.49. The van der Waals surface area contributed by atoms with E-state index in [1.807, 2.05) is 37.4 Å². The van der Waals surface area contributed by atoms with Crippen LogP contribution in [-0.2, 0) is 6.42 Å². The molecule has 0 heterocycles. The molecule has 2 rings (SSSR count). The molecular weight excluding hydrogens is 238 g/mol. The van der Waals surface area contributed by atoms with Gasteiger partial charge in [-0.15, -0.1) is 0 Å². The van der Waals surface area contributed by atoms with Gasteiger partial charge in [-0.05, 0) is 48.9 Å². The van der Waals surface area contributed by atoms with Gasteiger partial charge in [0.25, 0.3) is 0 Å². The van der Waals surface area contributed by atoms with Gasteiger partial charge >= 0.3 is 0 Å². The van der Waals surface area contributed by atoms with Gasteiger partial charge in [0, 0.05) is 6.04 Å². The number of likely N-dealkylation sites (N-methyl/N-ethyl adjacent to an activating group) is 1. The topological polar surface area (TPSA) is 41.5 Å². The second-order valence-electron chi connectivity index (χ2n) is 4.49. The SMILES string of the molecule is CNC(Cc1ccc(O)cc1)c1cccc(OC)c1. The molecule has 0 aliphatic rings. The molecule has 0 bridgehead atoms. The lowest BCUT2D eigenvalue weighted by Crippen LogP contribution is -2.18. The van der Waals surface area contributed by atoms with E-state index < -0.39 is 0 Å². The number of nitrogens with one attached hydrogen (secondary N) is 1. The molecule has 0 saturated carbocycles. The summed E-state index contributed by atoms with van der Waals surface area (Å²) in [6, 6.07) is 15.6. The Kier molecular flexibility index (Phi) is 4.42. The summed E-state index contributed by atoms with van der Waals surface area (Å²) in [5.41, 5.74) is 2.37. The summed E-state index contributed by atoms with van der Waals surface area (Å²) in [5, 5.41) is 12.6. The van der Waals surface area contributed by atoms with Gasteiger partial charge in [-0.3, -0.25) is 0 Å². The molecule has 0 aliphatic heterocycles. The zero-order valence-electron chi connectivity index (χ0n) is 11.3. The number of phenolic OH excluding ortho intramolecular Hbond substituents is 1. The maximum atomic E-state index is 9.30. The van der Waals surface area contributed by atoms with E-state index in [-0.39, 0.29) is 6.04 Å². The maximum Gasteiger partial charge on any atom is 0.119 e. The van der Waals surface area contributed by atoms with E-state index in [1.165, 1.54) is 11.1 Å². The fraction of sp³-hybridized carbons (Fsp3) is 0.250. The number of hydrogen-bond donors (Lipinski definition) is 2. The normalized spacial score (nSPS) is 12.1. The molecule has 19 heavy (non-hydrogen) atoms. The summed E-state index contributed by atoms with van der Waals surface area (Å²) in [4.78, 5) is 0. The van der Waals surface area contributed by atoms with E-state index >= 15 is 0 Å². The lowest BCUT2D eigenvalue weighted by molar-refractivity contribution is 0.413.